The number of fused-ring (bicyclic) bond motifs is 1. The van der Waals surface area contributed by atoms with Crippen LogP contribution in [0.4, 0.5) is 0 Å². The van der Waals surface area contributed by atoms with E-state index in [1.54, 1.807) is 48.5 Å². The van der Waals surface area contributed by atoms with E-state index < -0.39 is 0 Å². The van der Waals surface area contributed by atoms with E-state index in [0.717, 1.165) is 6.42 Å². The SMILES string of the molecule is CC(=O)c1ccc(OCCCCN2C(=O)c3ccccc3C2=O)cc1. The molecule has 0 aliphatic carbocycles. The van der Waals surface area contributed by atoms with Gasteiger partial charge in [0.05, 0.1) is 17.7 Å². The van der Waals surface area contributed by atoms with Gasteiger partial charge in [0.1, 0.15) is 5.75 Å². The van der Waals surface area contributed by atoms with Crippen LogP contribution in [0.15, 0.2) is 48.5 Å². The van der Waals surface area contributed by atoms with E-state index in [-0.39, 0.29) is 17.6 Å². The minimum Gasteiger partial charge on any atom is -0.494 e. The summed E-state index contributed by atoms with van der Waals surface area (Å²) < 4.78 is 5.62. The van der Waals surface area contributed by atoms with Gasteiger partial charge in [0.15, 0.2) is 5.78 Å². The zero-order valence-corrected chi connectivity index (χ0v) is 14.0. The molecule has 2 aromatic rings. The van der Waals surface area contributed by atoms with Gasteiger partial charge in [0, 0.05) is 12.1 Å². The summed E-state index contributed by atoms with van der Waals surface area (Å²) in [7, 11) is 0. The fraction of sp³-hybridized carbons (Fsp3) is 0.250. The largest absolute Gasteiger partial charge is 0.494 e. The van der Waals surface area contributed by atoms with Gasteiger partial charge in [0.2, 0.25) is 0 Å². The summed E-state index contributed by atoms with van der Waals surface area (Å²) >= 11 is 0. The molecule has 0 N–H and O–H groups in total. The number of nitrogens with zero attached hydrogens (tertiary/aromatic N) is 1. The maximum Gasteiger partial charge on any atom is 0.261 e. The second kappa shape index (κ2) is 7.30. The third-order valence-electron chi connectivity index (χ3n) is 4.18. The van der Waals surface area contributed by atoms with E-state index in [4.69, 9.17) is 4.74 Å². The number of carbonyl (C=O) groups excluding carboxylic acids is 3. The van der Waals surface area contributed by atoms with Crippen molar-refractivity contribution in [2.45, 2.75) is 19.8 Å². The molecule has 3 rings (SSSR count). The van der Waals surface area contributed by atoms with Crippen molar-refractivity contribution < 1.29 is 19.1 Å². The number of Topliss-reactive ketones (excluding diaryl/α,β-unsaturated/α-hetero) is 1. The molecule has 5 nitrogen and oxygen atoms in total. The molecule has 1 aliphatic rings. The molecule has 2 amide bonds. The average molecular weight is 337 g/mol. The van der Waals surface area contributed by atoms with Crippen LogP contribution in [0.25, 0.3) is 0 Å². The second-order valence-corrected chi connectivity index (χ2v) is 5.94. The van der Waals surface area contributed by atoms with Gasteiger partial charge < -0.3 is 4.74 Å². The summed E-state index contributed by atoms with van der Waals surface area (Å²) in [4.78, 5) is 37.0. The number of benzene rings is 2. The maximum atomic E-state index is 12.2. The molecule has 2 aromatic carbocycles. The highest BCUT2D eigenvalue weighted by molar-refractivity contribution is 6.21. The number of unbranched alkanes of at least 4 members (excludes halogenated alkanes) is 1. The van der Waals surface area contributed by atoms with E-state index in [1.807, 2.05) is 0 Å². The number of imide groups is 1. The molecule has 0 aromatic heterocycles. The molecular formula is C20H19NO4. The first kappa shape index (κ1) is 16.9. The van der Waals surface area contributed by atoms with Gasteiger partial charge in [-0.05, 0) is 56.2 Å². The number of hydrogen-bond donors (Lipinski definition) is 0. The van der Waals surface area contributed by atoms with Crippen LogP contribution in [-0.4, -0.2) is 35.6 Å². The number of ketones is 1. The summed E-state index contributed by atoms with van der Waals surface area (Å²) in [6, 6.07) is 13.9. The number of ether oxygens (including phenoxy) is 1. The Kier molecular flexibility index (Phi) is 4.93. The predicted octanol–water partition coefficient (Wildman–Crippen LogP) is 3.34. The lowest BCUT2D eigenvalue weighted by molar-refractivity contribution is 0.0649. The average Bonchev–Trinajstić information content (AvgIpc) is 2.87. The van der Waals surface area contributed by atoms with Gasteiger partial charge in [-0.3, -0.25) is 19.3 Å². The van der Waals surface area contributed by atoms with Crippen molar-refractivity contribution in [3.8, 4) is 5.75 Å². The van der Waals surface area contributed by atoms with Crippen LogP contribution in [0.2, 0.25) is 0 Å². The van der Waals surface area contributed by atoms with Crippen LogP contribution >= 0.6 is 0 Å². The Bertz CT molecular complexity index is 776. The molecule has 0 atom stereocenters. The fourth-order valence-electron chi connectivity index (χ4n) is 2.79. The van der Waals surface area contributed by atoms with E-state index in [9.17, 15) is 14.4 Å². The van der Waals surface area contributed by atoms with Crippen LogP contribution in [0.3, 0.4) is 0 Å². The smallest absolute Gasteiger partial charge is 0.261 e. The molecule has 128 valence electrons. The molecule has 1 heterocycles. The highest BCUT2D eigenvalue weighted by atomic mass is 16.5. The third-order valence-corrected chi connectivity index (χ3v) is 4.18. The molecule has 25 heavy (non-hydrogen) atoms. The molecule has 0 bridgehead atoms. The zero-order valence-electron chi connectivity index (χ0n) is 14.0. The molecule has 0 unspecified atom stereocenters. The Labute approximate surface area is 146 Å². The van der Waals surface area contributed by atoms with Gasteiger partial charge >= 0.3 is 0 Å². The lowest BCUT2D eigenvalue weighted by Gasteiger charge is -2.13. The fourth-order valence-corrected chi connectivity index (χ4v) is 2.79. The number of amides is 2. The van der Waals surface area contributed by atoms with E-state index in [2.05, 4.69) is 0 Å². The lowest BCUT2D eigenvalue weighted by Crippen LogP contribution is -2.30. The first-order valence-corrected chi connectivity index (χ1v) is 8.27. The predicted molar refractivity (Wildman–Crippen MR) is 93.0 cm³/mol. The van der Waals surface area contributed by atoms with Crippen molar-refractivity contribution in [3.63, 3.8) is 0 Å². The summed E-state index contributed by atoms with van der Waals surface area (Å²) in [5.41, 5.74) is 1.61. The second-order valence-electron chi connectivity index (χ2n) is 5.94. The Hall–Kier alpha value is -2.95. The number of hydrogen-bond acceptors (Lipinski definition) is 4. The molecule has 0 spiro atoms. The van der Waals surface area contributed by atoms with Crippen molar-refractivity contribution in [1.82, 2.24) is 4.90 Å². The van der Waals surface area contributed by atoms with Crippen molar-refractivity contribution in [2.24, 2.45) is 0 Å². The highest BCUT2D eigenvalue weighted by Crippen LogP contribution is 2.22. The van der Waals surface area contributed by atoms with Crippen molar-refractivity contribution in [1.29, 1.82) is 0 Å². The molecular weight excluding hydrogens is 318 g/mol. The summed E-state index contributed by atoms with van der Waals surface area (Å²) in [6.45, 7) is 2.40. The van der Waals surface area contributed by atoms with E-state index >= 15 is 0 Å². The lowest BCUT2D eigenvalue weighted by atomic mass is 10.1. The third kappa shape index (κ3) is 3.60. The van der Waals surface area contributed by atoms with Crippen LogP contribution in [-0.2, 0) is 0 Å². The van der Waals surface area contributed by atoms with Crippen LogP contribution in [0.1, 0.15) is 50.8 Å². The molecule has 5 heteroatoms. The van der Waals surface area contributed by atoms with E-state index in [0.29, 0.717) is 42.0 Å². The van der Waals surface area contributed by atoms with Crippen LogP contribution < -0.4 is 4.74 Å². The normalized spacial score (nSPS) is 13.1. The topological polar surface area (TPSA) is 63.7 Å². The van der Waals surface area contributed by atoms with Gasteiger partial charge in [-0.2, -0.15) is 0 Å². The minimum absolute atomic E-state index is 0.0208. The van der Waals surface area contributed by atoms with Gasteiger partial charge in [-0.15, -0.1) is 0 Å². The Morgan fingerprint density at radius 3 is 2.08 bits per heavy atom. The van der Waals surface area contributed by atoms with Crippen LogP contribution in [0, 0.1) is 0 Å². The maximum absolute atomic E-state index is 12.2. The monoisotopic (exact) mass is 337 g/mol. The molecule has 0 fully saturated rings. The van der Waals surface area contributed by atoms with Gasteiger partial charge in [0.25, 0.3) is 11.8 Å². The first-order valence-electron chi connectivity index (χ1n) is 8.27. The highest BCUT2D eigenvalue weighted by Gasteiger charge is 2.34. The standard InChI is InChI=1S/C20H19NO4/c1-14(22)15-8-10-16(11-9-15)25-13-5-4-12-21-19(23)17-6-2-3-7-18(17)20(21)24/h2-3,6-11H,4-5,12-13H2,1H3. The summed E-state index contributed by atoms with van der Waals surface area (Å²) in [5.74, 6) is 0.279. The Balaban J connectivity index is 1.44. The first-order chi connectivity index (χ1) is 12.1. The molecule has 1 aliphatic heterocycles. The van der Waals surface area contributed by atoms with E-state index in [1.165, 1.54) is 11.8 Å². The zero-order chi connectivity index (χ0) is 17.8. The van der Waals surface area contributed by atoms with Gasteiger partial charge in [-0.1, -0.05) is 12.1 Å². The number of carbonyl (C=O) groups is 3. The van der Waals surface area contributed by atoms with Crippen molar-refractivity contribution in [2.75, 3.05) is 13.2 Å². The summed E-state index contributed by atoms with van der Waals surface area (Å²) in [5, 5.41) is 0. The quantitative estimate of drug-likeness (QED) is 0.441. The molecule has 0 radical (unpaired) electrons. The van der Waals surface area contributed by atoms with Crippen molar-refractivity contribution in [3.05, 3.63) is 65.2 Å². The molecule has 0 saturated heterocycles. The van der Waals surface area contributed by atoms with Crippen molar-refractivity contribution >= 4 is 17.6 Å². The Morgan fingerprint density at radius 2 is 1.52 bits per heavy atom. The minimum atomic E-state index is -0.221. The Morgan fingerprint density at radius 1 is 0.920 bits per heavy atom. The molecule has 0 saturated carbocycles. The summed E-state index contributed by atoms with van der Waals surface area (Å²) in [6.07, 6.45) is 1.40. The number of rotatable bonds is 7. The van der Waals surface area contributed by atoms with Gasteiger partial charge in [-0.25, -0.2) is 0 Å². The van der Waals surface area contributed by atoms with Crippen LogP contribution in [0.5, 0.6) is 5.75 Å².